The van der Waals surface area contributed by atoms with Crippen LogP contribution in [0.5, 0.6) is 17.2 Å². The first-order chi connectivity index (χ1) is 16.0. The number of urea groups is 1. The van der Waals surface area contributed by atoms with Gasteiger partial charge in [0.2, 0.25) is 0 Å². The van der Waals surface area contributed by atoms with Crippen molar-refractivity contribution in [3.8, 4) is 22.9 Å². The van der Waals surface area contributed by atoms with Crippen molar-refractivity contribution in [3.63, 3.8) is 0 Å². The fourth-order valence-corrected chi connectivity index (χ4v) is 3.21. The standard InChI is InChI=1S/C22H21N5O6/c1-2-31-12-11-22(19(28)25-21(30)26-20(22)29)33-18-9-7-17(8-10-18)32-16-5-3-15(4-6-16)27-13-23-24-14-27/h3-10,13-14H,2,11-12H2,1H3,(H2,25,26,28,29,30). The van der Waals surface area contributed by atoms with E-state index in [1.165, 1.54) is 0 Å². The Morgan fingerprint density at radius 2 is 1.39 bits per heavy atom. The fourth-order valence-electron chi connectivity index (χ4n) is 3.21. The van der Waals surface area contributed by atoms with Crippen molar-refractivity contribution in [3.05, 3.63) is 61.2 Å². The van der Waals surface area contributed by atoms with Crippen molar-refractivity contribution < 1.29 is 28.6 Å². The fraction of sp³-hybridized carbons (Fsp3) is 0.227. The highest BCUT2D eigenvalue weighted by atomic mass is 16.5. The zero-order valence-electron chi connectivity index (χ0n) is 17.7. The minimum Gasteiger partial charge on any atom is -0.467 e. The average Bonchev–Trinajstić information content (AvgIpc) is 3.34. The Hall–Kier alpha value is -4.25. The molecule has 4 amide bonds. The lowest BCUT2D eigenvalue weighted by Gasteiger charge is -2.34. The molecule has 0 aliphatic carbocycles. The smallest absolute Gasteiger partial charge is 0.328 e. The number of rotatable bonds is 9. The summed E-state index contributed by atoms with van der Waals surface area (Å²) in [5, 5.41) is 11.7. The first-order valence-corrected chi connectivity index (χ1v) is 10.2. The van der Waals surface area contributed by atoms with Crippen molar-refractivity contribution in [1.29, 1.82) is 0 Å². The largest absolute Gasteiger partial charge is 0.467 e. The van der Waals surface area contributed by atoms with Gasteiger partial charge in [-0.15, -0.1) is 10.2 Å². The number of nitrogens with zero attached hydrogens (tertiary/aromatic N) is 3. The highest BCUT2D eigenvalue weighted by molar-refractivity contribution is 6.21. The van der Waals surface area contributed by atoms with Gasteiger partial charge < -0.3 is 14.2 Å². The van der Waals surface area contributed by atoms with Crippen LogP contribution in [0.25, 0.3) is 5.69 Å². The summed E-state index contributed by atoms with van der Waals surface area (Å²) in [4.78, 5) is 36.6. The van der Waals surface area contributed by atoms with Crippen LogP contribution in [0.4, 0.5) is 4.79 Å². The highest BCUT2D eigenvalue weighted by Gasteiger charge is 2.52. The van der Waals surface area contributed by atoms with Crippen LogP contribution in [0, 0.1) is 0 Å². The van der Waals surface area contributed by atoms with Crippen LogP contribution in [0.15, 0.2) is 61.2 Å². The lowest BCUT2D eigenvalue weighted by Crippen LogP contribution is -2.69. The molecule has 2 heterocycles. The number of hydrogen-bond acceptors (Lipinski definition) is 8. The molecule has 0 atom stereocenters. The van der Waals surface area contributed by atoms with Gasteiger partial charge in [-0.1, -0.05) is 0 Å². The van der Waals surface area contributed by atoms with E-state index in [2.05, 4.69) is 20.8 Å². The summed E-state index contributed by atoms with van der Waals surface area (Å²) in [5.41, 5.74) is -1.04. The molecule has 1 saturated heterocycles. The minimum absolute atomic E-state index is 0.0666. The maximum Gasteiger partial charge on any atom is 0.328 e. The summed E-state index contributed by atoms with van der Waals surface area (Å²) in [7, 11) is 0. The Balaban J connectivity index is 1.46. The number of benzene rings is 2. The number of aromatic nitrogens is 3. The molecule has 2 N–H and O–H groups in total. The lowest BCUT2D eigenvalue weighted by atomic mass is 9.95. The molecule has 33 heavy (non-hydrogen) atoms. The maximum atomic E-state index is 12.5. The van der Waals surface area contributed by atoms with E-state index >= 15 is 0 Å². The molecular weight excluding hydrogens is 430 g/mol. The molecule has 1 aliphatic rings. The van der Waals surface area contributed by atoms with Gasteiger partial charge in [0, 0.05) is 18.7 Å². The first-order valence-electron chi connectivity index (χ1n) is 10.2. The number of amides is 4. The topological polar surface area (TPSA) is 134 Å². The van der Waals surface area contributed by atoms with Crippen molar-refractivity contribution in [2.45, 2.75) is 18.9 Å². The molecule has 0 spiro atoms. The Morgan fingerprint density at radius 1 is 0.848 bits per heavy atom. The third kappa shape index (κ3) is 4.83. The van der Waals surface area contributed by atoms with Crippen molar-refractivity contribution >= 4 is 17.8 Å². The summed E-state index contributed by atoms with van der Waals surface area (Å²) in [6, 6.07) is 12.9. The van der Waals surface area contributed by atoms with Gasteiger partial charge in [-0.2, -0.15) is 0 Å². The molecule has 0 bridgehead atoms. The van der Waals surface area contributed by atoms with Crippen LogP contribution in [-0.2, 0) is 14.3 Å². The molecule has 1 fully saturated rings. The van der Waals surface area contributed by atoms with Gasteiger partial charge in [-0.25, -0.2) is 4.79 Å². The molecule has 2 aromatic carbocycles. The monoisotopic (exact) mass is 451 g/mol. The zero-order valence-corrected chi connectivity index (χ0v) is 17.7. The van der Waals surface area contributed by atoms with Crippen LogP contribution in [0.2, 0.25) is 0 Å². The second-order valence-corrected chi connectivity index (χ2v) is 7.05. The quantitative estimate of drug-likeness (QED) is 0.373. The Kier molecular flexibility index (Phi) is 6.31. The molecule has 0 unspecified atom stereocenters. The van der Waals surface area contributed by atoms with Crippen LogP contribution >= 0.6 is 0 Å². The number of nitrogens with one attached hydrogen (secondary N) is 2. The van der Waals surface area contributed by atoms with Crippen LogP contribution in [-0.4, -0.2) is 51.4 Å². The molecule has 0 saturated carbocycles. The van der Waals surface area contributed by atoms with Gasteiger partial charge >= 0.3 is 6.03 Å². The Labute approximate surface area is 188 Å². The van der Waals surface area contributed by atoms with E-state index < -0.39 is 23.4 Å². The second kappa shape index (κ2) is 9.49. The van der Waals surface area contributed by atoms with Gasteiger partial charge in [0.1, 0.15) is 29.9 Å². The van der Waals surface area contributed by atoms with Crippen LogP contribution in [0.1, 0.15) is 13.3 Å². The van der Waals surface area contributed by atoms with Crippen LogP contribution < -0.4 is 20.1 Å². The van der Waals surface area contributed by atoms with Crippen LogP contribution in [0.3, 0.4) is 0 Å². The summed E-state index contributed by atoms with van der Waals surface area (Å²) >= 11 is 0. The highest BCUT2D eigenvalue weighted by Crippen LogP contribution is 2.28. The molecule has 4 rings (SSSR count). The predicted molar refractivity (Wildman–Crippen MR) is 114 cm³/mol. The predicted octanol–water partition coefficient (Wildman–Crippen LogP) is 1.97. The number of ether oxygens (including phenoxy) is 3. The van der Waals surface area contributed by atoms with E-state index in [1.807, 2.05) is 12.1 Å². The van der Waals surface area contributed by atoms with E-state index in [9.17, 15) is 14.4 Å². The van der Waals surface area contributed by atoms with Gasteiger partial charge in [0.05, 0.1) is 6.61 Å². The number of carbonyl (C=O) groups is 3. The van der Waals surface area contributed by atoms with E-state index in [-0.39, 0.29) is 18.8 Å². The third-order valence-electron chi connectivity index (χ3n) is 4.90. The zero-order chi connectivity index (χ0) is 23.3. The molecule has 11 nitrogen and oxygen atoms in total. The number of imide groups is 2. The van der Waals surface area contributed by atoms with Crippen molar-refractivity contribution in [1.82, 2.24) is 25.4 Å². The SMILES string of the molecule is CCOCCC1(Oc2ccc(Oc3ccc(-n4cnnc4)cc3)cc2)C(=O)NC(=O)NC1=O. The molecule has 170 valence electrons. The number of carbonyl (C=O) groups excluding carboxylic acids is 3. The van der Waals surface area contributed by atoms with E-state index in [0.717, 1.165) is 5.69 Å². The summed E-state index contributed by atoms with van der Waals surface area (Å²) in [6.45, 7) is 2.29. The van der Waals surface area contributed by atoms with Gasteiger partial charge in [0.25, 0.3) is 17.4 Å². The molecule has 0 radical (unpaired) electrons. The molecular formula is C22H21N5O6. The number of hydrogen-bond donors (Lipinski definition) is 2. The van der Waals surface area contributed by atoms with E-state index in [1.54, 1.807) is 60.5 Å². The first kappa shape index (κ1) is 22.0. The molecule has 3 aromatic rings. The third-order valence-corrected chi connectivity index (χ3v) is 4.90. The summed E-state index contributed by atoms with van der Waals surface area (Å²) < 4.78 is 18.7. The molecule has 1 aromatic heterocycles. The second-order valence-electron chi connectivity index (χ2n) is 7.05. The van der Waals surface area contributed by atoms with Gasteiger partial charge in [-0.05, 0) is 55.5 Å². The van der Waals surface area contributed by atoms with E-state index in [4.69, 9.17) is 14.2 Å². The summed E-state index contributed by atoms with van der Waals surface area (Å²) in [6.07, 6.45) is 3.12. The normalized spacial score (nSPS) is 15.0. The van der Waals surface area contributed by atoms with Crippen molar-refractivity contribution in [2.24, 2.45) is 0 Å². The minimum atomic E-state index is -1.93. The molecule has 1 aliphatic heterocycles. The lowest BCUT2D eigenvalue weighted by molar-refractivity contribution is -0.153. The summed E-state index contributed by atoms with van der Waals surface area (Å²) in [5.74, 6) is -0.302. The van der Waals surface area contributed by atoms with Gasteiger partial charge in [0.15, 0.2) is 0 Å². The maximum absolute atomic E-state index is 12.5. The number of barbiturate groups is 1. The average molecular weight is 451 g/mol. The Morgan fingerprint density at radius 3 is 1.97 bits per heavy atom. The van der Waals surface area contributed by atoms with Crippen molar-refractivity contribution in [2.75, 3.05) is 13.2 Å². The molecule has 11 heteroatoms. The van der Waals surface area contributed by atoms with E-state index in [0.29, 0.717) is 18.1 Å². The van der Waals surface area contributed by atoms with Gasteiger partial charge in [-0.3, -0.25) is 24.8 Å². The Bertz CT molecular complexity index is 1110.